The van der Waals surface area contributed by atoms with Crippen molar-refractivity contribution in [3.05, 3.63) is 0 Å². The third kappa shape index (κ3) is 3.68. The van der Waals surface area contributed by atoms with E-state index in [1.54, 1.807) is 0 Å². The number of hydrogen-bond acceptors (Lipinski definition) is 3. The smallest absolute Gasteiger partial charge is 0.0200 e. The van der Waals surface area contributed by atoms with Crippen molar-refractivity contribution in [1.29, 1.82) is 0 Å². The quantitative estimate of drug-likeness (QED) is 0.838. The fourth-order valence-corrected chi connectivity index (χ4v) is 5.27. The van der Waals surface area contributed by atoms with Crippen LogP contribution in [0.2, 0.25) is 0 Å². The van der Waals surface area contributed by atoms with Gasteiger partial charge in [-0.15, -0.1) is 0 Å². The maximum Gasteiger partial charge on any atom is 0.0200 e. The summed E-state index contributed by atoms with van der Waals surface area (Å²) < 4.78 is 0.492. The summed E-state index contributed by atoms with van der Waals surface area (Å²) >= 11 is 2.16. The molecule has 0 radical (unpaired) electrons. The van der Waals surface area contributed by atoms with E-state index in [2.05, 4.69) is 35.8 Å². The van der Waals surface area contributed by atoms with Gasteiger partial charge in [0, 0.05) is 35.7 Å². The van der Waals surface area contributed by atoms with E-state index in [1.807, 2.05) is 0 Å². The van der Waals surface area contributed by atoms with Crippen molar-refractivity contribution >= 4 is 11.8 Å². The molecule has 3 aliphatic rings. The number of thioether (sulfide) groups is 1. The van der Waals surface area contributed by atoms with Gasteiger partial charge in [0.05, 0.1) is 0 Å². The molecular formula is C16H30N2S. The minimum absolute atomic E-state index is 0.492. The number of rotatable bonds is 2. The van der Waals surface area contributed by atoms with Crippen molar-refractivity contribution in [1.82, 2.24) is 10.2 Å². The predicted octanol–water partition coefficient (Wildman–Crippen LogP) is 3.12. The monoisotopic (exact) mass is 282 g/mol. The second kappa shape index (κ2) is 5.95. The van der Waals surface area contributed by atoms with E-state index in [1.165, 1.54) is 63.9 Å². The van der Waals surface area contributed by atoms with Gasteiger partial charge in [-0.3, -0.25) is 0 Å². The average molecular weight is 282 g/mol. The van der Waals surface area contributed by atoms with Gasteiger partial charge in [-0.05, 0) is 38.1 Å². The molecule has 2 nitrogen and oxygen atoms in total. The van der Waals surface area contributed by atoms with Crippen LogP contribution in [0, 0.1) is 5.92 Å². The van der Waals surface area contributed by atoms with Crippen LogP contribution in [0.4, 0.5) is 0 Å². The van der Waals surface area contributed by atoms with Crippen LogP contribution in [-0.2, 0) is 0 Å². The van der Waals surface area contributed by atoms with Crippen molar-refractivity contribution < 1.29 is 0 Å². The molecule has 3 fully saturated rings. The molecule has 2 saturated heterocycles. The summed E-state index contributed by atoms with van der Waals surface area (Å²) in [4.78, 5) is 2.72. The van der Waals surface area contributed by atoms with Crippen molar-refractivity contribution in [3.8, 4) is 0 Å². The second-order valence-electron chi connectivity index (χ2n) is 7.41. The van der Waals surface area contributed by atoms with E-state index in [0.29, 0.717) is 4.75 Å². The van der Waals surface area contributed by atoms with Crippen LogP contribution < -0.4 is 5.32 Å². The number of fused-ring (bicyclic) bond motifs is 1. The molecule has 0 aromatic rings. The molecule has 3 rings (SSSR count). The van der Waals surface area contributed by atoms with Gasteiger partial charge in [0.1, 0.15) is 0 Å². The largest absolute Gasteiger partial charge is 0.310 e. The highest BCUT2D eigenvalue weighted by Gasteiger charge is 2.36. The zero-order chi connectivity index (χ0) is 13.3. The number of hydrogen-bond donors (Lipinski definition) is 1. The minimum Gasteiger partial charge on any atom is -0.310 e. The highest BCUT2D eigenvalue weighted by Crippen LogP contribution is 2.34. The van der Waals surface area contributed by atoms with E-state index in [0.717, 1.165) is 18.0 Å². The highest BCUT2D eigenvalue weighted by atomic mass is 32.2. The predicted molar refractivity (Wildman–Crippen MR) is 84.9 cm³/mol. The Balaban J connectivity index is 1.49. The molecule has 0 aromatic carbocycles. The van der Waals surface area contributed by atoms with E-state index in [9.17, 15) is 0 Å². The van der Waals surface area contributed by atoms with Crippen LogP contribution in [0.1, 0.15) is 52.4 Å². The first-order valence-electron chi connectivity index (χ1n) is 8.25. The molecule has 3 heteroatoms. The molecule has 19 heavy (non-hydrogen) atoms. The topological polar surface area (TPSA) is 15.3 Å². The van der Waals surface area contributed by atoms with Crippen LogP contribution in [-0.4, -0.2) is 47.1 Å². The molecule has 3 unspecified atom stereocenters. The molecule has 3 atom stereocenters. The second-order valence-corrected chi connectivity index (χ2v) is 9.21. The molecule has 1 N–H and O–H groups in total. The van der Waals surface area contributed by atoms with Gasteiger partial charge >= 0.3 is 0 Å². The van der Waals surface area contributed by atoms with Crippen LogP contribution in [0.15, 0.2) is 0 Å². The zero-order valence-corrected chi connectivity index (χ0v) is 13.5. The summed E-state index contributed by atoms with van der Waals surface area (Å²) in [6, 6.07) is 1.64. The highest BCUT2D eigenvalue weighted by molar-refractivity contribution is 8.00. The molecule has 2 heterocycles. The van der Waals surface area contributed by atoms with Crippen LogP contribution in [0.3, 0.4) is 0 Å². The first kappa shape index (κ1) is 14.2. The van der Waals surface area contributed by atoms with Gasteiger partial charge in [-0.25, -0.2) is 0 Å². The van der Waals surface area contributed by atoms with Crippen LogP contribution in [0.25, 0.3) is 0 Å². The number of nitrogens with one attached hydrogen (secondary N) is 1. The molecule has 0 bridgehead atoms. The lowest BCUT2D eigenvalue weighted by Gasteiger charge is -2.25. The summed E-state index contributed by atoms with van der Waals surface area (Å²) in [5, 5.41) is 3.93. The lowest BCUT2D eigenvalue weighted by atomic mass is 9.85. The normalized spacial score (nSPS) is 39.8. The summed E-state index contributed by atoms with van der Waals surface area (Å²) in [5.41, 5.74) is 0. The van der Waals surface area contributed by atoms with Crippen molar-refractivity contribution in [2.45, 2.75) is 69.2 Å². The molecule has 0 aromatic heterocycles. The molecule has 1 saturated carbocycles. The molecule has 2 aliphatic heterocycles. The standard InChI is InChI=1S/C16H30N2S/c1-16(2)7-8-18(9-10-19-16)12-14-11-13-5-3-4-6-15(13)17-14/h13-15,17H,3-12H2,1-2H3. The molecule has 110 valence electrons. The van der Waals surface area contributed by atoms with Gasteiger partial charge < -0.3 is 10.2 Å². The van der Waals surface area contributed by atoms with E-state index < -0.39 is 0 Å². The first-order chi connectivity index (χ1) is 9.12. The number of nitrogens with zero attached hydrogens (tertiary/aromatic N) is 1. The SMILES string of the molecule is CC1(C)CCN(CC2CC3CCCCC3N2)CCS1. The van der Waals surface area contributed by atoms with E-state index in [-0.39, 0.29) is 0 Å². The van der Waals surface area contributed by atoms with Crippen molar-refractivity contribution in [2.24, 2.45) is 5.92 Å². The Labute approximate surface area is 123 Å². The van der Waals surface area contributed by atoms with Gasteiger partial charge in [-0.1, -0.05) is 26.7 Å². The molecular weight excluding hydrogens is 252 g/mol. The molecule has 1 aliphatic carbocycles. The fraction of sp³-hybridized carbons (Fsp3) is 1.00. The van der Waals surface area contributed by atoms with Crippen molar-refractivity contribution in [3.63, 3.8) is 0 Å². The third-order valence-corrected chi connectivity index (χ3v) is 6.73. The Morgan fingerprint density at radius 1 is 1.21 bits per heavy atom. The van der Waals surface area contributed by atoms with Crippen LogP contribution >= 0.6 is 11.8 Å². The van der Waals surface area contributed by atoms with Gasteiger partial charge in [0.25, 0.3) is 0 Å². The Morgan fingerprint density at radius 2 is 2.05 bits per heavy atom. The molecule has 0 amide bonds. The van der Waals surface area contributed by atoms with Crippen molar-refractivity contribution in [2.75, 3.05) is 25.4 Å². The molecule has 0 spiro atoms. The Morgan fingerprint density at radius 3 is 2.89 bits per heavy atom. The average Bonchev–Trinajstić information content (AvgIpc) is 2.69. The fourth-order valence-electron chi connectivity index (χ4n) is 4.13. The Bertz CT molecular complexity index is 291. The van der Waals surface area contributed by atoms with Gasteiger partial charge in [0.15, 0.2) is 0 Å². The van der Waals surface area contributed by atoms with Gasteiger partial charge in [-0.2, -0.15) is 11.8 Å². The maximum absolute atomic E-state index is 3.93. The lowest BCUT2D eigenvalue weighted by molar-refractivity contribution is 0.255. The minimum atomic E-state index is 0.492. The summed E-state index contributed by atoms with van der Waals surface area (Å²) in [6.45, 7) is 8.70. The Hall–Kier alpha value is 0.270. The lowest BCUT2D eigenvalue weighted by Crippen LogP contribution is -2.41. The summed E-state index contributed by atoms with van der Waals surface area (Å²) in [7, 11) is 0. The first-order valence-corrected chi connectivity index (χ1v) is 9.23. The van der Waals surface area contributed by atoms with Gasteiger partial charge in [0.2, 0.25) is 0 Å². The summed E-state index contributed by atoms with van der Waals surface area (Å²) in [6.07, 6.45) is 8.63. The third-order valence-electron chi connectivity index (χ3n) is 5.36. The Kier molecular flexibility index (Phi) is 4.45. The van der Waals surface area contributed by atoms with Crippen LogP contribution in [0.5, 0.6) is 0 Å². The summed E-state index contributed by atoms with van der Waals surface area (Å²) in [5.74, 6) is 2.31. The van der Waals surface area contributed by atoms with E-state index in [4.69, 9.17) is 0 Å². The zero-order valence-electron chi connectivity index (χ0n) is 12.7. The maximum atomic E-state index is 3.93. The van der Waals surface area contributed by atoms with E-state index >= 15 is 0 Å².